The highest BCUT2D eigenvalue weighted by Gasteiger charge is 2.29. The van der Waals surface area contributed by atoms with Crippen LogP contribution in [-0.4, -0.2) is 115 Å². The fourth-order valence-electron chi connectivity index (χ4n) is 9.67. The fourth-order valence-corrected chi connectivity index (χ4v) is 9.67. The number of hydrogen-bond donors (Lipinski definition) is 3. The summed E-state index contributed by atoms with van der Waals surface area (Å²) in [5, 5.41) is 24.3. The summed E-state index contributed by atoms with van der Waals surface area (Å²) in [5.41, 5.74) is 9.84. The Morgan fingerprint density at radius 1 is 0.592 bits per heavy atom. The van der Waals surface area contributed by atoms with E-state index >= 15 is 0 Å². The summed E-state index contributed by atoms with van der Waals surface area (Å²) >= 11 is 0. The van der Waals surface area contributed by atoms with E-state index in [0.29, 0.717) is 24.2 Å². The van der Waals surface area contributed by atoms with E-state index in [2.05, 4.69) is 30.6 Å². The first-order valence-electron chi connectivity index (χ1n) is 24.3. The third-order valence-electron chi connectivity index (χ3n) is 13.8. The molecule has 6 heterocycles. The molecule has 366 valence electrons. The van der Waals surface area contributed by atoms with E-state index in [1.807, 2.05) is 106 Å². The van der Waals surface area contributed by atoms with Gasteiger partial charge in [0.15, 0.2) is 0 Å². The Labute approximate surface area is 414 Å². The van der Waals surface area contributed by atoms with Gasteiger partial charge in [-0.2, -0.15) is 10.2 Å². The van der Waals surface area contributed by atoms with Crippen LogP contribution in [0.2, 0.25) is 0 Å². The van der Waals surface area contributed by atoms with Crippen LogP contribution in [-0.2, 0) is 36.8 Å². The van der Waals surface area contributed by atoms with Crippen molar-refractivity contribution >= 4 is 70.2 Å². The molecule has 4 aliphatic rings. The van der Waals surface area contributed by atoms with Crippen molar-refractivity contribution in [3.63, 3.8) is 0 Å². The first-order valence-corrected chi connectivity index (χ1v) is 24.3. The van der Waals surface area contributed by atoms with Crippen LogP contribution < -0.4 is 20.4 Å². The number of para-hydroxylation sites is 4. The van der Waals surface area contributed by atoms with Gasteiger partial charge < -0.3 is 35.3 Å². The Kier molecular flexibility index (Phi) is 14.6. The lowest BCUT2D eigenvalue weighted by molar-refractivity contribution is -0.131. The number of fused-ring (bicyclic) bond motifs is 4. The average Bonchev–Trinajstić information content (AvgIpc) is 3.78. The van der Waals surface area contributed by atoms with Crippen molar-refractivity contribution in [3.05, 3.63) is 154 Å². The van der Waals surface area contributed by atoms with E-state index in [9.17, 15) is 19.2 Å². The molecule has 2 fully saturated rings. The quantitative estimate of drug-likeness (QED) is 0.120. The molecule has 3 amide bonds. The van der Waals surface area contributed by atoms with E-state index in [0.717, 1.165) is 113 Å². The van der Waals surface area contributed by atoms with Gasteiger partial charge in [0.1, 0.15) is 11.6 Å². The second-order valence-corrected chi connectivity index (χ2v) is 18.6. The zero-order chi connectivity index (χ0) is 49.6. The topological polar surface area (TPSA) is 164 Å². The minimum atomic E-state index is -1.01. The summed E-state index contributed by atoms with van der Waals surface area (Å²) < 4.78 is 3.55. The van der Waals surface area contributed by atoms with Crippen LogP contribution in [0, 0.1) is 13.8 Å². The van der Waals surface area contributed by atoms with Crippen LogP contribution in [0.1, 0.15) is 73.4 Å². The van der Waals surface area contributed by atoms with Crippen LogP contribution in [0.25, 0.3) is 12.2 Å². The molecular weight excluding hydrogens is 895 g/mol. The molecule has 4 aliphatic heterocycles. The number of rotatable bonds is 9. The zero-order valence-corrected chi connectivity index (χ0v) is 40.8. The largest absolute Gasteiger partial charge is 0.478 e. The highest BCUT2D eigenvalue weighted by Crippen LogP contribution is 2.38. The lowest BCUT2D eigenvalue weighted by Gasteiger charge is -2.36. The summed E-state index contributed by atoms with van der Waals surface area (Å²) in [7, 11) is 3.75. The number of nitrogens with zero attached hydrogens (tertiary/aromatic N) is 9. The molecule has 4 aromatic carbocycles. The molecule has 0 unspecified atom stereocenters. The summed E-state index contributed by atoms with van der Waals surface area (Å²) in [5.74, 6) is 0.578. The number of carbonyl (C=O) groups is 4. The summed E-state index contributed by atoms with van der Waals surface area (Å²) in [6, 6.07) is 26.5. The minimum absolute atomic E-state index is 0.0474. The Bertz CT molecular complexity index is 3010. The van der Waals surface area contributed by atoms with Gasteiger partial charge in [-0.25, -0.2) is 4.79 Å². The number of aliphatic carboxylic acids is 1. The smallest absolute Gasteiger partial charge is 0.328 e. The number of piperidine rings is 1. The number of amides is 3. The van der Waals surface area contributed by atoms with Gasteiger partial charge in [0.2, 0.25) is 5.91 Å². The normalized spacial score (nSPS) is 15.9. The first kappa shape index (κ1) is 48.2. The number of hydrogen-bond acceptors (Lipinski definition) is 10. The summed E-state index contributed by atoms with van der Waals surface area (Å²) in [6.07, 6.45) is 13.7. The van der Waals surface area contributed by atoms with Crippen molar-refractivity contribution in [1.82, 2.24) is 34.3 Å². The molecule has 2 aromatic heterocycles. The molecule has 0 radical (unpaired) electrons. The number of likely N-dealkylation sites (tertiary alicyclic amines) is 1. The minimum Gasteiger partial charge on any atom is -0.478 e. The van der Waals surface area contributed by atoms with Crippen LogP contribution in [0.15, 0.2) is 109 Å². The van der Waals surface area contributed by atoms with Gasteiger partial charge in [-0.1, -0.05) is 42.8 Å². The molecular formula is C55H61N11O5. The Morgan fingerprint density at radius 3 is 1.54 bits per heavy atom. The monoisotopic (exact) mass is 955 g/mol. The first-order chi connectivity index (χ1) is 34.4. The number of anilines is 6. The molecule has 6 aromatic rings. The van der Waals surface area contributed by atoms with Gasteiger partial charge in [0, 0.05) is 87.8 Å². The van der Waals surface area contributed by atoms with E-state index < -0.39 is 5.97 Å². The second-order valence-electron chi connectivity index (χ2n) is 18.6. The molecule has 0 aliphatic carbocycles. The van der Waals surface area contributed by atoms with Gasteiger partial charge in [-0.05, 0) is 123 Å². The maximum Gasteiger partial charge on any atom is 0.328 e. The van der Waals surface area contributed by atoms with Crippen LogP contribution in [0.4, 0.5) is 34.4 Å². The Balaban J connectivity index is 0.000000188. The van der Waals surface area contributed by atoms with Gasteiger partial charge in [-0.15, -0.1) is 0 Å². The van der Waals surface area contributed by atoms with Crippen LogP contribution >= 0.6 is 0 Å². The van der Waals surface area contributed by atoms with Gasteiger partial charge in [0.05, 0.1) is 48.2 Å². The van der Waals surface area contributed by atoms with E-state index in [4.69, 9.17) is 5.11 Å². The van der Waals surface area contributed by atoms with Crippen LogP contribution in [0.3, 0.4) is 0 Å². The van der Waals surface area contributed by atoms with Crippen molar-refractivity contribution in [2.24, 2.45) is 14.1 Å². The molecule has 0 spiro atoms. The number of aromatic nitrogens is 4. The number of piperazine rings is 1. The summed E-state index contributed by atoms with van der Waals surface area (Å²) in [4.78, 5) is 61.5. The van der Waals surface area contributed by atoms with Crippen molar-refractivity contribution in [3.8, 4) is 0 Å². The van der Waals surface area contributed by atoms with E-state index in [1.165, 1.54) is 38.4 Å². The standard InChI is InChI=1S/C33H41N7O2.C22H20N4O3/c1-25-22-27(33(42)40-24-28-23-34-36(2)32(28)35-29-8-4-5-9-30(29)40)11-10-26(25)12-13-31(41)39-20-18-38(19-21-39)17-16-37-14-6-3-7-15-37;1-14-11-16(8-7-15(14)9-10-20(27)28)22(29)26-13-17-12-23-25(2)21(17)24-18-5-3-4-6-19(18)26/h4-5,8-13,22-23,35H,3,6-7,14-21,24H2,1-2H3;3-12,24H,13H2,1-2H3,(H,27,28)/b13-12+;10-9+. The van der Waals surface area contributed by atoms with Crippen molar-refractivity contribution < 1.29 is 24.3 Å². The van der Waals surface area contributed by atoms with E-state index in [-0.39, 0.29) is 17.7 Å². The average molecular weight is 956 g/mol. The number of carboxylic acids is 1. The molecule has 10 rings (SSSR count). The molecule has 71 heavy (non-hydrogen) atoms. The lowest BCUT2D eigenvalue weighted by atomic mass is 10.0. The predicted octanol–water partition coefficient (Wildman–Crippen LogP) is 8.01. The van der Waals surface area contributed by atoms with Crippen molar-refractivity contribution in [2.45, 2.75) is 46.2 Å². The third kappa shape index (κ3) is 11.0. The maximum atomic E-state index is 13.8. The van der Waals surface area contributed by atoms with Crippen molar-refractivity contribution in [2.75, 3.05) is 72.8 Å². The number of carbonyl (C=O) groups excluding carboxylic acids is 3. The van der Waals surface area contributed by atoms with E-state index in [1.54, 1.807) is 55.8 Å². The third-order valence-corrected chi connectivity index (χ3v) is 13.8. The molecule has 0 bridgehead atoms. The van der Waals surface area contributed by atoms with Gasteiger partial charge >= 0.3 is 5.97 Å². The fraction of sp³-hybridized carbons (Fsp3) is 0.309. The molecule has 0 saturated carbocycles. The SMILES string of the molecule is Cc1cc(C(=O)N2Cc3cnn(C)c3Nc3ccccc32)ccc1/C=C/C(=O)N1CCN(CCN2CCCCC2)CC1.Cc1cc(C(=O)N2Cc3cnn(C)c3Nc3ccccc32)ccc1/C=C/C(=O)O. The molecule has 3 N–H and O–H groups in total. The molecule has 16 heteroatoms. The number of benzene rings is 4. The van der Waals surface area contributed by atoms with Crippen molar-refractivity contribution in [1.29, 1.82) is 0 Å². The lowest BCUT2D eigenvalue weighted by Crippen LogP contribution is -2.50. The van der Waals surface area contributed by atoms with Gasteiger partial charge in [0.25, 0.3) is 11.8 Å². The molecule has 0 atom stereocenters. The maximum absolute atomic E-state index is 13.8. The van der Waals surface area contributed by atoms with Crippen LogP contribution in [0.5, 0.6) is 0 Å². The Morgan fingerprint density at radius 2 is 1.06 bits per heavy atom. The molecule has 16 nitrogen and oxygen atoms in total. The number of carboxylic acid groups (broad SMARTS) is 1. The Hall–Kier alpha value is -7.82. The number of nitrogens with one attached hydrogen (secondary N) is 2. The second kappa shape index (κ2) is 21.4. The number of aryl methyl sites for hydroxylation is 4. The molecule has 2 saturated heterocycles. The zero-order valence-electron chi connectivity index (χ0n) is 40.8. The van der Waals surface area contributed by atoms with Gasteiger partial charge in [-0.3, -0.25) is 28.6 Å². The highest BCUT2D eigenvalue weighted by atomic mass is 16.4. The highest BCUT2D eigenvalue weighted by molar-refractivity contribution is 6.09. The summed E-state index contributed by atoms with van der Waals surface area (Å²) in [6.45, 7) is 12.7. The predicted molar refractivity (Wildman–Crippen MR) is 278 cm³/mol.